The van der Waals surface area contributed by atoms with Gasteiger partial charge in [-0.15, -0.1) is 0 Å². The van der Waals surface area contributed by atoms with Crippen molar-refractivity contribution in [3.05, 3.63) is 53.7 Å². The zero-order valence-electron chi connectivity index (χ0n) is 10.1. The molecule has 2 rings (SSSR count). The summed E-state index contributed by atoms with van der Waals surface area (Å²) in [5, 5.41) is 0. The molecule has 18 heavy (non-hydrogen) atoms. The van der Waals surface area contributed by atoms with E-state index in [1.807, 2.05) is 6.92 Å². The number of benzene rings is 1. The molecule has 1 aromatic heterocycles. The Morgan fingerprint density at radius 2 is 1.72 bits per heavy atom. The molecule has 0 amide bonds. The van der Waals surface area contributed by atoms with Gasteiger partial charge in [0.15, 0.2) is 0 Å². The van der Waals surface area contributed by atoms with E-state index in [0.717, 1.165) is 5.56 Å². The van der Waals surface area contributed by atoms with E-state index >= 15 is 0 Å². The minimum absolute atomic E-state index is 0.109. The van der Waals surface area contributed by atoms with Crippen molar-refractivity contribution >= 4 is 10.1 Å². The third-order valence-corrected chi connectivity index (χ3v) is 3.69. The lowest BCUT2D eigenvalue weighted by Gasteiger charge is -2.07. The van der Waals surface area contributed by atoms with E-state index in [4.69, 9.17) is 4.18 Å². The van der Waals surface area contributed by atoms with Gasteiger partial charge in [0.25, 0.3) is 0 Å². The van der Waals surface area contributed by atoms with Crippen molar-refractivity contribution < 1.29 is 12.6 Å². The minimum Gasteiger partial charge on any atom is -0.358 e. The van der Waals surface area contributed by atoms with Crippen LogP contribution >= 0.6 is 0 Å². The first kappa shape index (κ1) is 12.6. The lowest BCUT2D eigenvalue weighted by atomic mass is 10.2. The molecule has 4 nitrogen and oxygen atoms in total. The third kappa shape index (κ3) is 2.68. The molecule has 0 spiro atoms. The van der Waals surface area contributed by atoms with Crippen molar-refractivity contribution in [3.8, 4) is 5.88 Å². The van der Waals surface area contributed by atoms with Crippen LogP contribution in [0.15, 0.2) is 47.5 Å². The molecule has 94 valence electrons. The molecule has 1 aromatic carbocycles. The van der Waals surface area contributed by atoms with E-state index in [9.17, 15) is 8.42 Å². The molecule has 0 fully saturated rings. The Hall–Kier alpha value is -1.88. The summed E-state index contributed by atoms with van der Waals surface area (Å²) in [6, 6.07) is 9.95. The number of pyridine rings is 1. The lowest BCUT2D eigenvalue weighted by molar-refractivity contribution is 0.474. The van der Waals surface area contributed by atoms with Crippen molar-refractivity contribution in [3.63, 3.8) is 0 Å². The van der Waals surface area contributed by atoms with Crippen LogP contribution in [0.5, 0.6) is 5.88 Å². The molecule has 0 saturated carbocycles. The number of aromatic nitrogens is 1. The van der Waals surface area contributed by atoms with Crippen LogP contribution in [0.3, 0.4) is 0 Å². The largest absolute Gasteiger partial charge is 0.358 e. The molecule has 0 N–H and O–H groups in total. The van der Waals surface area contributed by atoms with Crippen LogP contribution in [0.4, 0.5) is 0 Å². The average molecular weight is 263 g/mol. The van der Waals surface area contributed by atoms with Crippen molar-refractivity contribution in [2.75, 3.05) is 0 Å². The van der Waals surface area contributed by atoms with Crippen LogP contribution in [-0.2, 0) is 10.1 Å². The van der Waals surface area contributed by atoms with Gasteiger partial charge in [-0.05, 0) is 32.0 Å². The molecule has 0 unspecified atom stereocenters. The molecule has 5 heteroatoms. The molecular formula is C13H13NO3S. The summed E-state index contributed by atoms with van der Waals surface area (Å²) < 4.78 is 29.0. The van der Waals surface area contributed by atoms with Gasteiger partial charge in [-0.3, -0.25) is 0 Å². The summed E-state index contributed by atoms with van der Waals surface area (Å²) in [5.74, 6) is 0.109. The molecule has 1 heterocycles. The molecule has 0 aliphatic heterocycles. The topological polar surface area (TPSA) is 56.3 Å². The van der Waals surface area contributed by atoms with E-state index in [-0.39, 0.29) is 10.8 Å². The van der Waals surface area contributed by atoms with Crippen LogP contribution < -0.4 is 4.18 Å². The fourth-order valence-electron chi connectivity index (χ4n) is 1.42. The Bertz CT molecular complexity index is 648. The second-order valence-electron chi connectivity index (χ2n) is 3.98. The molecule has 0 radical (unpaired) electrons. The minimum atomic E-state index is -3.82. The Morgan fingerprint density at radius 3 is 2.33 bits per heavy atom. The molecule has 0 bridgehead atoms. The number of hydrogen-bond donors (Lipinski definition) is 0. The zero-order chi connectivity index (χ0) is 13.2. The van der Waals surface area contributed by atoms with Crippen LogP contribution in [0, 0.1) is 13.8 Å². The van der Waals surface area contributed by atoms with Gasteiger partial charge < -0.3 is 4.18 Å². The summed E-state index contributed by atoms with van der Waals surface area (Å²) in [6.07, 6.45) is 1.49. The first-order valence-corrected chi connectivity index (χ1v) is 6.83. The standard InChI is InChI=1S/C13H13NO3S/c1-10-5-7-12(8-6-10)18(15,16)17-13-11(2)4-3-9-14-13/h3-9H,1-2H3. The van der Waals surface area contributed by atoms with Crippen LogP contribution in [0.25, 0.3) is 0 Å². The fraction of sp³-hybridized carbons (Fsp3) is 0.154. The first-order valence-electron chi connectivity index (χ1n) is 5.42. The van der Waals surface area contributed by atoms with Crippen LogP contribution in [0.2, 0.25) is 0 Å². The maximum atomic E-state index is 12.0. The van der Waals surface area contributed by atoms with Gasteiger partial charge in [-0.2, -0.15) is 8.42 Å². The van der Waals surface area contributed by atoms with E-state index in [1.54, 1.807) is 31.2 Å². The van der Waals surface area contributed by atoms with E-state index in [2.05, 4.69) is 4.98 Å². The van der Waals surface area contributed by atoms with Crippen LogP contribution in [0.1, 0.15) is 11.1 Å². The average Bonchev–Trinajstić information content (AvgIpc) is 2.32. The highest BCUT2D eigenvalue weighted by molar-refractivity contribution is 7.87. The summed E-state index contributed by atoms with van der Waals surface area (Å²) in [4.78, 5) is 4.03. The molecule has 0 aliphatic carbocycles. The molecule has 0 saturated heterocycles. The highest BCUT2D eigenvalue weighted by atomic mass is 32.2. The van der Waals surface area contributed by atoms with Gasteiger partial charge >= 0.3 is 10.1 Å². The maximum Gasteiger partial charge on any atom is 0.340 e. The van der Waals surface area contributed by atoms with Crippen molar-refractivity contribution in [2.24, 2.45) is 0 Å². The normalized spacial score (nSPS) is 11.2. The zero-order valence-corrected chi connectivity index (χ0v) is 10.9. The highest BCUT2D eigenvalue weighted by Gasteiger charge is 2.17. The van der Waals surface area contributed by atoms with Crippen molar-refractivity contribution in [2.45, 2.75) is 18.7 Å². The third-order valence-electron chi connectivity index (χ3n) is 2.46. The monoisotopic (exact) mass is 263 g/mol. The van der Waals surface area contributed by atoms with Crippen molar-refractivity contribution in [1.82, 2.24) is 4.98 Å². The molecule has 0 atom stereocenters. The van der Waals surface area contributed by atoms with Gasteiger partial charge in [0.1, 0.15) is 4.90 Å². The van der Waals surface area contributed by atoms with Crippen LogP contribution in [-0.4, -0.2) is 13.4 Å². The number of hydrogen-bond acceptors (Lipinski definition) is 4. The van der Waals surface area contributed by atoms with Crippen molar-refractivity contribution in [1.29, 1.82) is 0 Å². The lowest BCUT2D eigenvalue weighted by Crippen LogP contribution is -2.11. The van der Waals surface area contributed by atoms with E-state index < -0.39 is 10.1 Å². The Morgan fingerprint density at radius 1 is 1.06 bits per heavy atom. The number of nitrogens with zero attached hydrogens (tertiary/aromatic N) is 1. The summed E-state index contributed by atoms with van der Waals surface area (Å²) in [6.45, 7) is 3.63. The van der Waals surface area contributed by atoms with Gasteiger partial charge in [0.05, 0.1) is 0 Å². The van der Waals surface area contributed by atoms with Gasteiger partial charge in [-0.25, -0.2) is 4.98 Å². The van der Waals surface area contributed by atoms with Gasteiger partial charge in [0.2, 0.25) is 5.88 Å². The predicted octanol–water partition coefficient (Wildman–Crippen LogP) is 2.47. The molecule has 0 aliphatic rings. The first-order chi connectivity index (χ1) is 8.49. The summed E-state index contributed by atoms with van der Waals surface area (Å²) >= 11 is 0. The Kier molecular flexibility index (Phi) is 3.34. The van der Waals surface area contributed by atoms with Gasteiger partial charge in [0, 0.05) is 11.8 Å². The smallest absolute Gasteiger partial charge is 0.340 e. The predicted molar refractivity (Wildman–Crippen MR) is 68.0 cm³/mol. The molecular weight excluding hydrogens is 250 g/mol. The summed E-state index contributed by atoms with van der Waals surface area (Å²) in [7, 11) is -3.82. The number of aryl methyl sites for hydroxylation is 2. The molecule has 2 aromatic rings. The SMILES string of the molecule is Cc1ccc(S(=O)(=O)Oc2ncccc2C)cc1. The fourth-order valence-corrected chi connectivity index (χ4v) is 2.36. The van der Waals surface area contributed by atoms with Gasteiger partial charge in [-0.1, -0.05) is 23.8 Å². The highest BCUT2D eigenvalue weighted by Crippen LogP contribution is 2.19. The number of rotatable bonds is 3. The second kappa shape index (κ2) is 4.78. The Balaban J connectivity index is 2.33. The maximum absolute atomic E-state index is 12.0. The van der Waals surface area contributed by atoms with E-state index in [0.29, 0.717) is 5.56 Å². The quantitative estimate of drug-likeness (QED) is 0.798. The second-order valence-corrected chi connectivity index (χ2v) is 5.52. The Labute approximate surface area is 106 Å². The van der Waals surface area contributed by atoms with E-state index in [1.165, 1.54) is 18.3 Å². The summed E-state index contributed by atoms with van der Waals surface area (Å²) in [5.41, 5.74) is 1.66.